The van der Waals surface area contributed by atoms with Crippen LogP contribution in [-0.2, 0) is 15.9 Å². The van der Waals surface area contributed by atoms with Gasteiger partial charge >= 0.3 is 7.12 Å². The Morgan fingerprint density at radius 1 is 1.00 bits per heavy atom. The fourth-order valence-electron chi connectivity index (χ4n) is 2.71. The number of hydrogen-bond donors (Lipinski definition) is 0. The Kier molecular flexibility index (Phi) is 4.65. The van der Waals surface area contributed by atoms with E-state index in [0.29, 0.717) is 12.1 Å². The third kappa shape index (κ3) is 3.58. The van der Waals surface area contributed by atoms with E-state index in [1.165, 1.54) is 6.07 Å². The molecule has 0 N–H and O–H groups in total. The van der Waals surface area contributed by atoms with Crippen LogP contribution in [0.3, 0.4) is 0 Å². The van der Waals surface area contributed by atoms with Gasteiger partial charge in [0.1, 0.15) is 18.2 Å². The zero-order chi connectivity index (χ0) is 18.2. The molecule has 1 heterocycles. The molecule has 2 aromatic rings. The van der Waals surface area contributed by atoms with Crippen molar-refractivity contribution in [3.05, 3.63) is 59.4 Å². The highest BCUT2D eigenvalue weighted by molar-refractivity contribution is 6.62. The molecule has 1 fully saturated rings. The van der Waals surface area contributed by atoms with Gasteiger partial charge < -0.3 is 14.0 Å². The summed E-state index contributed by atoms with van der Waals surface area (Å²) in [6.45, 7) is 10.2. The van der Waals surface area contributed by atoms with Gasteiger partial charge in [0.05, 0.1) is 11.2 Å². The fraction of sp³-hybridized carbons (Fsp3) is 0.400. The van der Waals surface area contributed by atoms with E-state index in [1.54, 1.807) is 12.1 Å². The van der Waals surface area contributed by atoms with Crippen LogP contribution in [0.2, 0.25) is 0 Å². The van der Waals surface area contributed by atoms with Gasteiger partial charge in [-0.3, -0.25) is 0 Å². The lowest BCUT2D eigenvalue weighted by Crippen LogP contribution is -2.41. The molecule has 25 heavy (non-hydrogen) atoms. The highest BCUT2D eigenvalue weighted by atomic mass is 19.1. The summed E-state index contributed by atoms with van der Waals surface area (Å²) in [5.74, 6) is 0.488. The van der Waals surface area contributed by atoms with E-state index in [4.69, 9.17) is 14.0 Å². The average Bonchev–Trinajstić information content (AvgIpc) is 2.76. The summed E-state index contributed by atoms with van der Waals surface area (Å²) in [5.41, 5.74) is 1.34. The van der Waals surface area contributed by atoms with Gasteiger partial charge in [0.15, 0.2) is 0 Å². The third-order valence-electron chi connectivity index (χ3n) is 5.06. The van der Waals surface area contributed by atoms with Crippen molar-refractivity contribution in [2.24, 2.45) is 0 Å². The van der Waals surface area contributed by atoms with E-state index >= 15 is 0 Å². The molecule has 0 radical (unpaired) electrons. The van der Waals surface area contributed by atoms with Crippen LogP contribution in [0.25, 0.3) is 0 Å². The maximum Gasteiger partial charge on any atom is 0.497 e. The zero-order valence-electron chi connectivity index (χ0n) is 15.4. The summed E-state index contributed by atoms with van der Waals surface area (Å²) >= 11 is 0. The van der Waals surface area contributed by atoms with E-state index < -0.39 is 18.3 Å². The van der Waals surface area contributed by atoms with Crippen molar-refractivity contribution in [1.29, 1.82) is 0 Å². The molecule has 1 aliphatic heterocycles. The number of halogens is 1. The van der Waals surface area contributed by atoms with Crippen molar-refractivity contribution >= 4 is 12.6 Å². The van der Waals surface area contributed by atoms with E-state index in [1.807, 2.05) is 58.9 Å². The Bertz CT molecular complexity index is 757. The normalized spacial score (nSPS) is 18.4. The van der Waals surface area contributed by atoms with Crippen LogP contribution in [0, 0.1) is 12.7 Å². The molecule has 3 nitrogen and oxygen atoms in total. The van der Waals surface area contributed by atoms with E-state index in [9.17, 15) is 4.39 Å². The first-order valence-corrected chi connectivity index (χ1v) is 8.52. The number of rotatable bonds is 4. The molecule has 0 spiro atoms. The third-order valence-corrected chi connectivity index (χ3v) is 5.06. The maximum absolute atomic E-state index is 14.4. The van der Waals surface area contributed by atoms with Crippen LogP contribution in [-0.4, -0.2) is 18.3 Å². The lowest BCUT2D eigenvalue weighted by Gasteiger charge is -2.32. The Balaban J connectivity index is 1.79. The smallest absolute Gasteiger partial charge is 0.489 e. The molecule has 0 aliphatic carbocycles. The highest BCUT2D eigenvalue weighted by Gasteiger charge is 2.52. The Morgan fingerprint density at radius 3 is 2.28 bits per heavy atom. The monoisotopic (exact) mass is 342 g/mol. The standard InChI is InChI=1S/C20H24BFO3/c1-14-8-6-7-9-18(14)23-13-15-10-11-17(22)16(12-15)21-24-19(2,3)20(4,5)25-21/h6-12H,13H2,1-5H3. The van der Waals surface area contributed by atoms with Gasteiger partial charge in [0, 0.05) is 5.46 Å². The molecule has 0 atom stereocenters. The number of para-hydroxylation sites is 1. The number of hydrogen-bond acceptors (Lipinski definition) is 3. The van der Waals surface area contributed by atoms with E-state index in [-0.39, 0.29) is 5.82 Å². The number of benzene rings is 2. The summed E-state index contributed by atoms with van der Waals surface area (Å²) in [4.78, 5) is 0. The van der Waals surface area contributed by atoms with Gasteiger partial charge in [-0.25, -0.2) is 4.39 Å². The largest absolute Gasteiger partial charge is 0.497 e. The molecule has 5 heteroatoms. The fourth-order valence-corrected chi connectivity index (χ4v) is 2.71. The van der Waals surface area contributed by atoms with Crippen molar-refractivity contribution in [3.63, 3.8) is 0 Å². The minimum absolute atomic E-state index is 0.335. The second-order valence-electron chi connectivity index (χ2n) is 7.50. The lowest BCUT2D eigenvalue weighted by atomic mass is 9.78. The zero-order valence-corrected chi connectivity index (χ0v) is 15.4. The van der Waals surface area contributed by atoms with Crippen LogP contribution in [0.1, 0.15) is 38.8 Å². The maximum atomic E-state index is 14.4. The summed E-state index contributed by atoms with van der Waals surface area (Å²) in [5, 5.41) is 0. The molecule has 0 saturated carbocycles. The molecule has 0 aromatic heterocycles. The van der Waals surface area contributed by atoms with Gasteiger partial charge in [-0.1, -0.05) is 30.3 Å². The van der Waals surface area contributed by atoms with Gasteiger partial charge in [-0.05, 0) is 57.9 Å². The van der Waals surface area contributed by atoms with Crippen molar-refractivity contribution in [2.75, 3.05) is 0 Å². The van der Waals surface area contributed by atoms with Gasteiger partial charge in [0.25, 0.3) is 0 Å². The second kappa shape index (κ2) is 6.47. The predicted octanol–water partition coefficient (Wildman–Crippen LogP) is 4.01. The number of aryl methyl sites for hydroxylation is 1. The van der Waals surface area contributed by atoms with E-state index in [2.05, 4.69) is 0 Å². The topological polar surface area (TPSA) is 27.7 Å². The van der Waals surface area contributed by atoms with E-state index in [0.717, 1.165) is 16.9 Å². The van der Waals surface area contributed by atoms with Crippen molar-refractivity contribution in [2.45, 2.75) is 52.4 Å². The Hall–Kier alpha value is -1.85. The van der Waals surface area contributed by atoms with Gasteiger partial charge in [-0.2, -0.15) is 0 Å². The second-order valence-corrected chi connectivity index (χ2v) is 7.50. The molecule has 1 saturated heterocycles. The van der Waals surface area contributed by atoms with Crippen LogP contribution in [0.15, 0.2) is 42.5 Å². The Labute approximate surface area is 149 Å². The first-order valence-electron chi connectivity index (χ1n) is 8.52. The summed E-state index contributed by atoms with van der Waals surface area (Å²) in [6, 6.07) is 12.7. The summed E-state index contributed by atoms with van der Waals surface area (Å²) in [6.07, 6.45) is 0. The molecule has 3 rings (SSSR count). The van der Waals surface area contributed by atoms with Gasteiger partial charge in [-0.15, -0.1) is 0 Å². The van der Waals surface area contributed by atoms with Gasteiger partial charge in [0.2, 0.25) is 0 Å². The first-order chi connectivity index (χ1) is 11.7. The van der Waals surface area contributed by atoms with Crippen molar-refractivity contribution in [3.8, 4) is 5.75 Å². The molecule has 0 unspecified atom stereocenters. The molecular weight excluding hydrogens is 318 g/mol. The quantitative estimate of drug-likeness (QED) is 0.786. The minimum atomic E-state index is -0.719. The molecular formula is C20H24BFO3. The van der Waals surface area contributed by atoms with Crippen molar-refractivity contribution < 1.29 is 18.4 Å². The van der Waals surface area contributed by atoms with Crippen LogP contribution in [0.5, 0.6) is 5.75 Å². The summed E-state index contributed by atoms with van der Waals surface area (Å²) in [7, 11) is -0.719. The lowest BCUT2D eigenvalue weighted by molar-refractivity contribution is 0.00578. The first kappa shape index (κ1) is 18.0. The molecule has 0 amide bonds. The molecule has 2 aromatic carbocycles. The number of ether oxygens (including phenoxy) is 1. The van der Waals surface area contributed by atoms with Crippen molar-refractivity contribution in [1.82, 2.24) is 0 Å². The van der Waals surface area contributed by atoms with Crippen LogP contribution in [0.4, 0.5) is 4.39 Å². The highest BCUT2D eigenvalue weighted by Crippen LogP contribution is 2.36. The molecule has 1 aliphatic rings. The predicted molar refractivity (Wildman–Crippen MR) is 97.6 cm³/mol. The molecule has 132 valence electrons. The van der Waals surface area contributed by atoms with Crippen LogP contribution >= 0.6 is 0 Å². The summed E-state index contributed by atoms with van der Waals surface area (Å²) < 4.78 is 32.1. The average molecular weight is 342 g/mol. The van der Waals surface area contributed by atoms with Crippen LogP contribution < -0.4 is 10.2 Å². The Morgan fingerprint density at radius 2 is 1.64 bits per heavy atom. The molecule has 0 bridgehead atoms. The minimum Gasteiger partial charge on any atom is -0.489 e. The SMILES string of the molecule is Cc1ccccc1OCc1ccc(F)c(B2OC(C)(C)C(C)(C)O2)c1.